The maximum Gasteiger partial charge on any atom is 0.328 e. The summed E-state index contributed by atoms with van der Waals surface area (Å²) in [4.78, 5) is 70.2. The number of aromatic nitrogens is 2. The molecular weight excluding hydrogens is 796 g/mol. The second-order valence-corrected chi connectivity index (χ2v) is 17.4. The highest BCUT2D eigenvalue weighted by Crippen LogP contribution is 2.41. The van der Waals surface area contributed by atoms with Crippen molar-refractivity contribution in [1.82, 2.24) is 25.5 Å². The number of urea groups is 1. The number of fused-ring (bicyclic) bond motifs is 1. The molecule has 1 aromatic heterocycles. The Kier molecular flexibility index (Phi) is 12.8. The highest BCUT2D eigenvalue weighted by molar-refractivity contribution is 6.06. The molecule has 5 heterocycles. The van der Waals surface area contributed by atoms with Crippen LogP contribution in [0.15, 0.2) is 42.6 Å². The number of aliphatic hydroxyl groups is 1. The Bertz CT molecular complexity index is 2150. The van der Waals surface area contributed by atoms with Crippen LogP contribution in [-0.4, -0.2) is 121 Å². The van der Waals surface area contributed by atoms with E-state index in [1.807, 2.05) is 6.92 Å². The van der Waals surface area contributed by atoms with Gasteiger partial charge in [0.2, 0.25) is 17.8 Å². The summed E-state index contributed by atoms with van der Waals surface area (Å²) in [6.45, 7) is 6.11. The number of anilines is 6. The monoisotopic (exact) mass is 854 g/mol. The SMILES string of the molecule is CC[C@@H]1C(=O)N(C)c2cnc(Nc3ccc(C(=O)NC4(CCO)CCN(CC5CCN(c6ccc(N7CCC(=O)NC7=O)cc6F)CC5)CC4)cc3OC)nc2N1C1CCCC1. The molecule has 2 aromatic carbocycles. The van der Waals surface area contributed by atoms with Gasteiger partial charge >= 0.3 is 6.03 Å². The number of amides is 5. The summed E-state index contributed by atoms with van der Waals surface area (Å²) in [6.07, 6.45) is 10.5. The van der Waals surface area contributed by atoms with E-state index >= 15 is 4.39 Å². The van der Waals surface area contributed by atoms with Gasteiger partial charge in [0, 0.05) is 82.2 Å². The second kappa shape index (κ2) is 18.4. The molecule has 332 valence electrons. The van der Waals surface area contributed by atoms with Gasteiger partial charge < -0.3 is 40.1 Å². The Balaban J connectivity index is 0.859. The van der Waals surface area contributed by atoms with Gasteiger partial charge in [0.1, 0.15) is 23.3 Å². The molecule has 17 heteroatoms. The fraction of sp³-hybridized carbons (Fsp3) is 0.556. The van der Waals surface area contributed by atoms with Crippen LogP contribution in [-0.2, 0) is 9.59 Å². The van der Waals surface area contributed by atoms with Crippen LogP contribution in [0.4, 0.5) is 43.7 Å². The molecule has 5 amide bonds. The number of piperidine rings is 2. The minimum absolute atomic E-state index is 0.0464. The Hall–Kier alpha value is -5.55. The first kappa shape index (κ1) is 43.1. The number of carbonyl (C=O) groups is 4. The van der Waals surface area contributed by atoms with E-state index in [1.165, 1.54) is 11.0 Å². The first-order valence-corrected chi connectivity index (χ1v) is 22.2. The molecule has 3 saturated heterocycles. The number of likely N-dealkylation sites (tertiary alicyclic amines) is 1. The number of halogens is 1. The predicted molar refractivity (Wildman–Crippen MR) is 235 cm³/mol. The molecule has 5 aliphatic rings. The molecule has 4 aliphatic heterocycles. The summed E-state index contributed by atoms with van der Waals surface area (Å²) >= 11 is 0. The smallest absolute Gasteiger partial charge is 0.328 e. The van der Waals surface area contributed by atoms with Gasteiger partial charge in [0.25, 0.3) is 5.91 Å². The lowest BCUT2D eigenvalue weighted by Gasteiger charge is -2.44. The third kappa shape index (κ3) is 8.87. The fourth-order valence-electron chi connectivity index (χ4n) is 10.1. The lowest BCUT2D eigenvalue weighted by atomic mass is 9.83. The highest BCUT2D eigenvalue weighted by atomic mass is 19.1. The van der Waals surface area contributed by atoms with Crippen LogP contribution in [0.1, 0.15) is 87.9 Å². The second-order valence-electron chi connectivity index (χ2n) is 17.4. The Labute approximate surface area is 362 Å². The fourth-order valence-corrected chi connectivity index (χ4v) is 10.1. The molecule has 0 bridgehead atoms. The first-order valence-electron chi connectivity index (χ1n) is 22.2. The lowest BCUT2D eigenvalue weighted by molar-refractivity contribution is -0.121. The van der Waals surface area contributed by atoms with E-state index in [-0.39, 0.29) is 55.2 Å². The average Bonchev–Trinajstić information content (AvgIpc) is 3.81. The van der Waals surface area contributed by atoms with Gasteiger partial charge in [-0.3, -0.25) is 24.6 Å². The molecule has 4 fully saturated rings. The van der Waals surface area contributed by atoms with Crippen molar-refractivity contribution in [2.75, 3.05) is 84.9 Å². The zero-order chi connectivity index (χ0) is 43.5. The minimum atomic E-state index is -0.559. The van der Waals surface area contributed by atoms with Crippen molar-refractivity contribution in [3.05, 3.63) is 54.0 Å². The van der Waals surface area contributed by atoms with Gasteiger partial charge in [0.15, 0.2) is 5.82 Å². The Morgan fingerprint density at radius 1 is 1.00 bits per heavy atom. The van der Waals surface area contributed by atoms with Crippen molar-refractivity contribution in [3.8, 4) is 5.75 Å². The number of likely N-dealkylation sites (N-methyl/N-ethyl adjacent to an activating group) is 1. The van der Waals surface area contributed by atoms with Crippen LogP contribution < -0.4 is 40.3 Å². The van der Waals surface area contributed by atoms with E-state index in [1.54, 1.807) is 55.6 Å². The molecular formula is C45H59FN10O6. The van der Waals surface area contributed by atoms with Crippen molar-refractivity contribution >= 4 is 58.3 Å². The number of hydrogen-bond donors (Lipinski definition) is 4. The summed E-state index contributed by atoms with van der Waals surface area (Å²) in [5.74, 6) is 1.10. The third-order valence-electron chi connectivity index (χ3n) is 13.7. The van der Waals surface area contributed by atoms with Crippen molar-refractivity contribution in [1.29, 1.82) is 0 Å². The summed E-state index contributed by atoms with van der Waals surface area (Å²) in [7, 11) is 3.33. The third-order valence-corrected chi connectivity index (χ3v) is 13.7. The first-order chi connectivity index (χ1) is 30.0. The van der Waals surface area contributed by atoms with Gasteiger partial charge in [-0.1, -0.05) is 19.8 Å². The number of carbonyl (C=O) groups excluding carboxylic acids is 4. The number of methoxy groups -OCH3 is 1. The van der Waals surface area contributed by atoms with Gasteiger partial charge in [-0.05, 0) is 93.7 Å². The molecule has 0 unspecified atom stereocenters. The number of rotatable bonds is 13. The standard InChI is InChI=1S/C45H59FN10O6/c1-4-35-42(60)52(2)37-27-47-43(50-40(37)56(35)31-7-5-6-8-31)48-34-11-9-30(25-38(34)62-3)41(59)51-45(18-24-57)16-22-53(23-17-45)28-29-13-19-54(20-14-29)36-12-10-32(26-33(36)46)55-21-15-39(58)49-44(55)61/h9-12,25-27,29,31,35,57H,4-8,13-24,28H2,1-3H3,(H,51,59)(H,47,48,50)(H,49,58,61)/t35-/m1/s1. The van der Waals surface area contributed by atoms with Gasteiger partial charge in [-0.15, -0.1) is 0 Å². The molecule has 1 saturated carbocycles. The van der Waals surface area contributed by atoms with Crippen molar-refractivity contribution in [3.63, 3.8) is 0 Å². The van der Waals surface area contributed by atoms with Gasteiger partial charge in [-0.25, -0.2) is 14.2 Å². The van der Waals surface area contributed by atoms with Crippen LogP contribution in [0.2, 0.25) is 0 Å². The maximum atomic E-state index is 15.3. The van der Waals surface area contributed by atoms with E-state index in [9.17, 15) is 24.3 Å². The van der Waals surface area contributed by atoms with Crippen molar-refractivity contribution in [2.45, 2.75) is 95.2 Å². The largest absolute Gasteiger partial charge is 0.495 e. The van der Waals surface area contributed by atoms with E-state index in [0.717, 1.165) is 64.0 Å². The van der Waals surface area contributed by atoms with Crippen molar-refractivity contribution in [2.24, 2.45) is 5.92 Å². The van der Waals surface area contributed by atoms with Crippen LogP contribution in [0, 0.1) is 11.7 Å². The Morgan fingerprint density at radius 2 is 1.76 bits per heavy atom. The zero-order valence-electron chi connectivity index (χ0n) is 36.0. The molecule has 0 spiro atoms. The lowest BCUT2D eigenvalue weighted by Crippen LogP contribution is -2.56. The number of imide groups is 1. The van der Waals surface area contributed by atoms with Crippen LogP contribution >= 0.6 is 0 Å². The number of ether oxygens (including phenoxy) is 1. The van der Waals surface area contributed by atoms with Crippen LogP contribution in [0.3, 0.4) is 0 Å². The summed E-state index contributed by atoms with van der Waals surface area (Å²) in [5, 5.41) is 19.0. The summed E-state index contributed by atoms with van der Waals surface area (Å²) in [6, 6.07) is 9.47. The van der Waals surface area contributed by atoms with Crippen LogP contribution in [0.25, 0.3) is 0 Å². The van der Waals surface area contributed by atoms with E-state index in [4.69, 9.17) is 9.72 Å². The zero-order valence-corrected chi connectivity index (χ0v) is 36.0. The molecule has 62 heavy (non-hydrogen) atoms. The number of aliphatic hydroxyl groups excluding tert-OH is 1. The van der Waals surface area contributed by atoms with Gasteiger partial charge in [0.05, 0.1) is 24.7 Å². The van der Waals surface area contributed by atoms with Crippen molar-refractivity contribution < 1.29 is 33.4 Å². The molecule has 4 N–H and O–H groups in total. The molecule has 8 rings (SSSR count). The predicted octanol–water partition coefficient (Wildman–Crippen LogP) is 5.18. The average molecular weight is 855 g/mol. The minimum Gasteiger partial charge on any atom is -0.495 e. The van der Waals surface area contributed by atoms with Crippen LogP contribution in [0.5, 0.6) is 5.75 Å². The molecule has 1 aliphatic carbocycles. The highest BCUT2D eigenvalue weighted by Gasteiger charge is 2.42. The van der Waals surface area contributed by atoms with E-state index in [0.29, 0.717) is 84.7 Å². The maximum absolute atomic E-state index is 15.3. The van der Waals surface area contributed by atoms with E-state index in [2.05, 4.69) is 35.6 Å². The summed E-state index contributed by atoms with van der Waals surface area (Å²) in [5.41, 5.74) is 2.10. The summed E-state index contributed by atoms with van der Waals surface area (Å²) < 4.78 is 21.1. The quantitative estimate of drug-likeness (QED) is 0.178. The molecule has 16 nitrogen and oxygen atoms in total. The number of nitrogens with one attached hydrogen (secondary N) is 3. The van der Waals surface area contributed by atoms with Gasteiger partial charge in [-0.2, -0.15) is 4.98 Å². The Morgan fingerprint density at radius 3 is 2.44 bits per heavy atom. The molecule has 1 atom stereocenters. The number of hydrogen-bond acceptors (Lipinski definition) is 12. The topological polar surface area (TPSA) is 176 Å². The molecule has 0 radical (unpaired) electrons. The van der Waals surface area contributed by atoms with E-state index < -0.39 is 11.6 Å². The molecule has 3 aromatic rings. The number of benzene rings is 2. The normalized spacial score (nSPS) is 21.2. The number of nitrogens with zero attached hydrogens (tertiary/aromatic N) is 7.